The van der Waals surface area contributed by atoms with E-state index in [2.05, 4.69) is 10.3 Å². The molecule has 0 saturated carbocycles. The number of carbonyl (C=O) groups is 1. The summed E-state index contributed by atoms with van der Waals surface area (Å²) in [6, 6.07) is 12.6. The van der Waals surface area contributed by atoms with E-state index in [1.165, 1.54) is 36.7 Å². The van der Waals surface area contributed by atoms with Gasteiger partial charge in [-0.3, -0.25) is 15.0 Å². The van der Waals surface area contributed by atoms with Crippen molar-refractivity contribution in [3.63, 3.8) is 0 Å². The third-order valence-corrected chi connectivity index (χ3v) is 8.69. The maximum atomic E-state index is 13.8. The van der Waals surface area contributed by atoms with Gasteiger partial charge in [0.05, 0.1) is 17.0 Å². The highest BCUT2D eigenvalue weighted by Crippen LogP contribution is 2.37. The van der Waals surface area contributed by atoms with Crippen molar-refractivity contribution in [2.24, 2.45) is 0 Å². The lowest BCUT2D eigenvalue weighted by molar-refractivity contribution is -0.172. The molecular formula is C25H26Cl2F3N3O5S. The van der Waals surface area contributed by atoms with Crippen LogP contribution in [0.25, 0.3) is 0 Å². The van der Waals surface area contributed by atoms with Gasteiger partial charge in [-0.1, -0.05) is 0 Å². The first-order valence-corrected chi connectivity index (χ1v) is 12.8. The molecular weight excluding hydrogens is 582 g/mol. The van der Waals surface area contributed by atoms with Crippen LogP contribution in [0.3, 0.4) is 0 Å². The molecule has 0 atom stereocenters. The summed E-state index contributed by atoms with van der Waals surface area (Å²) in [7, 11) is -4.26. The SMILES string of the molecule is Cl.Cl.O=C(N(O)Cc1ccncc1)C1(S(=O)(=O)c2ccc(Oc3ccc(C(F)(F)F)cc3)cc2)CCNCC1. The van der Waals surface area contributed by atoms with Crippen molar-refractivity contribution in [1.29, 1.82) is 0 Å². The second kappa shape index (κ2) is 13.0. The molecule has 1 aliphatic rings. The molecule has 14 heteroatoms. The van der Waals surface area contributed by atoms with E-state index in [9.17, 15) is 31.6 Å². The zero-order valence-corrected chi connectivity index (χ0v) is 22.7. The minimum absolute atomic E-state index is 0. The van der Waals surface area contributed by atoms with E-state index in [1.54, 1.807) is 12.1 Å². The van der Waals surface area contributed by atoms with E-state index in [4.69, 9.17) is 4.74 Å². The number of hydroxylamine groups is 2. The van der Waals surface area contributed by atoms with Crippen molar-refractivity contribution in [3.8, 4) is 11.5 Å². The fraction of sp³-hybridized carbons (Fsp3) is 0.280. The number of piperidine rings is 1. The van der Waals surface area contributed by atoms with Gasteiger partial charge in [0.15, 0.2) is 14.6 Å². The Balaban J connectivity index is 0.00000267. The molecule has 2 N–H and O–H groups in total. The molecule has 1 fully saturated rings. The van der Waals surface area contributed by atoms with Gasteiger partial charge in [0.25, 0.3) is 5.91 Å². The molecule has 3 aromatic rings. The second-order valence-corrected chi connectivity index (χ2v) is 10.8. The van der Waals surface area contributed by atoms with Gasteiger partial charge in [0.1, 0.15) is 11.5 Å². The molecule has 2 aromatic carbocycles. The molecule has 1 aromatic heterocycles. The van der Waals surface area contributed by atoms with Gasteiger partial charge in [0.2, 0.25) is 0 Å². The Morgan fingerprint density at radius 1 is 0.949 bits per heavy atom. The van der Waals surface area contributed by atoms with Crippen molar-refractivity contribution in [3.05, 3.63) is 84.2 Å². The molecule has 0 bridgehead atoms. The number of hydrogen-bond acceptors (Lipinski definition) is 7. The summed E-state index contributed by atoms with van der Waals surface area (Å²) < 4.78 is 69.5. The van der Waals surface area contributed by atoms with E-state index >= 15 is 0 Å². The average molecular weight is 608 g/mol. The first-order chi connectivity index (χ1) is 17.5. The van der Waals surface area contributed by atoms with E-state index in [-0.39, 0.29) is 73.7 Å². The maximum absolute atomic E-state index is 13.8. The summed E-state index contributed by atoms with van der Waals surface area (Å²) in [5, 5.41) is 14.0. The van der Waals surface area contributed by atoms with Crippen LogP contribution in [0, 0.1) is 0 Å². The Morgan fingerprint density at radius 3 is 1.97 bits per heavy atom. The lowest BCUT2D eigenvalue weighted by Crippen LogP contribution is -2.57. The maximum Gasteiger partial charge on any atom is 0.416 e. The zero-order chi connectivity index (χ0) is 26.7. The lowest BCUT2D eigenvalue weighted by Gasteiger charge is -2.37. The quantitative estimate of drug-likeness (QED) is 0.286. The summed E-state index contributed by atoms with van der Waals surface area (Å²) in [6.45, 7) is 0.332. The number of aromatic nitrogens is 1. The van der Waals surface area contributed by atoms with E-state index in [1.807, 2.05) is 0 Å². The number of nitrogens with one attached hydrogen (secondary N) is 1. The van der Waals surface area contributed by atoms with Crippen molar-refractivity contribution in [2.45, 2.75) is 35.2 Å². The smallest absolute Gasteiger partial charge is 0.416 e. The number of hydrogen-bond donors (Lipinski definition) is 2. The molecule has 2 heterocycles. The number of nitrogens with zero attached hydrogens (tertiary/aromatic N) is 2. The molecule has 1 aliphatic heterocycles. The Morgan fingerprint density at radius 2 is 1.46 bits per heavy atom. The summed E-state index contributed by atoms with van der Waals surface area (Å²) >= 11 is 0. The monoisotopic (exact) mass is 607 g/mol. The predicted molar refractivity (Wildman–Crippen MR) is 141 cm³/mol. The van der Waals surface area contributed by atoms with Crippen LogP contribution in [0.5, 0.6) is 11.5 Å². The van der Waals surface area contributed by atoms with E-state index < -0.39 is 32.2 Å². The van der Waals surface area contributed by atoms with Gasteiger partial charge in [-0.05, 0) is 92.2 Å². The fourth-order valence-electron chi connectivity index (χ4n) is 4.16. The van der Waals surface area contributed by atoms with Crippen LogP contribution in [0.2, 0.25) is 0 Å². The van der Waals surface area contributed by atoms with Crippen LogP contribution in [-0.4, -0.2) is 47.4 Å². The summed E-state index contributed by atoms with van der Waals surface area (Å²) in [4.78, 5) is 17.1. The van der Waals surface area contributed by atoms with Crippen LogP contribution < -0.4 is 10.1 Å². The zero-order valence-electron chi connectivity index (χ0n) is 20.3. The van der Waals surface area contributed by atoms with Crippen LogP contribution in [0.15, 0.2) is 78.0 Å². The number of benzene rings is 2. The summed E-state index contributed by atoms with van der Waals surface area (Å²) in [6.07, 6.45) is -1.55. The largest absolute Gasteiger partial charge is 0.457 e. The molecule has 0 radical (unpaired) electrons. The molecule has 0 unspecified atom stereocenters. The number of amides is 1. The van der Waals surface area contributed by atoms with Crippen LogP contribution >= 0.6 is 24.8 Å². The minimum Gasteiger partial charge on any atom is -0.457 e. The second-order valence-electron chi connectivity index (χ2n) is 8.56. The van der Waals surface area contributed by atoms with Gasteiger partial charge in [-0.25, -0.2) is 13.5 Å². The van der Waals surface area contributed by atoms with Gasteiger partial charge >= 0.3 is 6.18 Å². The van der Waals surface area contributed by atoms with Crippen LogP contribution in [0.1, 0.15) is 24.0 Å². The Labute approximate surface area is 235 Å². The highest BCUT2D eigenvalue weighted by molar-refractivity contribution is 7.93. The number of carbonyl (C=O) groups excluding carboxylic acids is 1. The fourth-order valence-corrected chi connectivity index (χ4v) is 6.18. The Bertz CT molecular complexity index is 1340. The molecule has 39 heavy (non-hydrogen) atoms. The number of rotatable bonds is 7. The van der Waals surface area contributed by atoms with Crippen molar-refractivity contribution >= 4 is 40.6 Å². The predicted octanol–water partition coefficient (Wildman–Crippen LogP) is 5.05. The highest BCUT2D eigenvalue weighted by atomic mass is 35.5. The minimum atomic E-state index is -4.47. The van der Waals surface area contributed by atoms with Crippen LogP contribution in [-0.2, 0) is 27.4 Å². The Hall–Kier alpha value is -2.90. The number of ether oxygens (including phenoxy) is 1. The lowest BCUT2D eigenvalue weighted by atomic mass is 9.95. The van der Waals surface area contributed by atoms with Gasteiger partial charge < -0.3 is 10.1 Å². The van der Waals surface area contributed by atoms with E-state index in [0.717, 1.165) is 24.3 Å². The average Bonchev–Trinajstić information content (AvgIpc) is 2.89. The van der Waals surface area contributed by atoms with Crippen molar-refractivity contribution < 1.29 is 36.3 Å². The molecule has 4 rings (SSSR count). The molecule has 0 spiro atoms. The molecule has 8 nitrogen and oxygen atoms in total. The standard InChI is InChI=1S/C25H24F3N3O5S.2ClH/c26-25(27,28)19-1-3-20(4-2-19)36-21-5-7-22(8-6-21)37(34,35)24(11-15-30-16-12-24)23(32)31(33)17-18-9-13-29-14-10-18;;/h1-10,13-14,30,33H,11-12,15-17H2;2*1H. The molecule has 212 valence electrons. The third kappa shape index (κ3) is 7.00. The first kappa shape index (κ1) is 32.3. The summed E-state index contributed by atoms with van der Waals surface area (Å²) in [5.74, 6) is -0.581. The van der Waals surface area contributed by atoms with Gasteiger partial charge in [-0.15, -0.1) is 24.8 Å². The number of sulfone groups is 1. The van der Waals surface area contributed by atoms with Crippen molar-refractivity contribution in [1.82, 2.24) is 15.4 Å². The first-order valence-electron chi connectivity index (χ1n) is 11.3. The molecule has 1 saturated heterocycles. The van der Waals surface area contributed by atoms with E-state index in [0.29, 0.717) is 10.6 Å². The molecule has 1 amide bonds. The Kier molecular flexibility index (Phi) is 10.7. The molecule has 0 aliphatic carbocycles. The topological polar surface area (TPSA) is 109 Å². The third-order valence-electron chi connectivity index (χ3n) is 6.18. The number of alkyl halides is 3. The number of pyridine rings is 1. The van der Waals surface area contributed by atoms with Gasteiger partial charge in [-0.2, -0.15) is 13.2 Å². The van der Waals surface area contributed by atoms with Crippen molar-refractivity contribution in [2.75, 3.05) is 13.1 Å². The van der Waals surface area contributed by atoms with Gasteiger partial charge in [0, 0.05) is 12.4 Å². The highest BCUT2D eigenvalue weighted by Gasteiger charge is 2.53. The number of halogens is 5. The normalized spacial score (nSPS) is 14.9. The summed E-state index contributed by atoms with van der Waals surface area (Å²) in [5.41, 5.74) is -0.239. The van der Waals surface area contributed by atoms with Crippen LogP contribution in [0.4, 0.5) is 13.2 Å².